The minimum absolute atomic E-state index is 0.0445. The van der Waals surface area contributed by atoms with Crippen molar-refractivity contribution in [1.29, 1.82) is 0 Å². The Morgan fingerprint density at radius 3 is 2.45 bits per heavy atom. The lowest BCUT2D eigenvalue weighted by Gasteiger charge is -2.30. The van der Waals surface area contributed by atoms with Crippen molar-refractivity contribution in [1.82, 2.24) is 0 Å². The molecular formula is C16H18BrNO2. The number of hydrogen-bond acceptors (Lipinski definition) is 3. The molecule has 1 aliphatic rings. The Balaban J connectivity index is 2.22. The summed E-state index contributed by atoms with van der Waals surface area (Å²) in [7, 11) is 0. The van der Waals surface area contributed by atoms with Crippen LogP contribution < -0.4 is 5.32 Å². The molecule has 1 N–H and O–H groups in total. The quantitative estimate of drug-likeness (QED) is 0.672. The fourth-order valence-electron chi connectivity index (χ4n) is 2.31. The first kappa shape index (κ1) is 15.0. The van der Waals surface area contributed by atoms with Gasteiger partial charge in [-0.2, -0.15) is 0 Å². The molecule has 0 aliphatic heterocycles. The van der Waals surface area contributed by atoms with Gasteiger partial charge in [0.1, 0.15) is 4.83 Å². The molecule has 1 unspecified atom stereocenters. The van der Waals surface area contributed by atoms with Gasteiger partial charge in [-0.15, -0.1) is 0 Å². The van der Waals surface area contributed by atoms with E-state index < -0.39 is 0 Å². The van der Waals surface area contributed by atoms with Gasteiger partial charge in [0.15, 0.2) is 11.6 Å². The van der Waals surface area contributed by atoms with Gasteiger partial charge in [-0.05, 0) is 36.6 Å². The second-order valence-electron chi connectivity index (χ2n) is 5.85. The monoisotopic (exact) mass is 335 g/mol. The van der Waals surface area contributed by atoms with E-state index in [0.29, 0.717) is 12.0 Å². The Kier molecular flexibility index (Phi) is 4.14. The molecule has 0 aromatic heterocycles. The Bertz CT molecular complexity index is 573. The third-order valence-corrected chi connectivity index (χ3v) is 4.32. The Morgan fingerprint density at radius 2 is 1.90 bits per heavy atom. The van der Waals surface area contributed by atoms with E-state index in [2.05, 4.69) is 27.3 Å². The smallest absolute Gasteiger partial charge is 0.159 e. The number of Topliss-reactive ketones (excluding diaryl/α,β-unsaturated/α-hetero) is 2. The predicted octanol–water partition coefficient (Wildman–Crippen LogP) is 3.95. The number of nitrogens with one attached hydrogen (secondary N) is 1. The highest BCUT2D eigenvalue weighted by Crippen LogP contribution is 2.34. The van der Waals surface area contributed by atoms with Crippen LogP contribution in [0.2, 0.25) is 0 Å². The number of anilines is 1. The van der Waals surface area contributed by atoms with Crippen molar-refractivity contribution in [2.24, 2.45) is 5.41 Å². The lowest BCUT2D eigenvalue weighted by Crippen LogP contribution is -2.32. The van der Waals surface area contributed by atoms with Crippen molar-refractivity contribution in [2.75, 3.05) is 5.32 Å². The number of allylic oxidation sites excluding steroid dienone is 2. The molecule has 20 heavy (non-hydrogen) atoms. The van der Waals surface area contributed by atoms with Crippen LogP contribution in [0.5, 0.6) is 0 Å². The highest BCUT2D eigenvalue weighted by Gasteiger charge is 2.32. The first-order valence-electron chi connectivity index (χ1n) is 6.56. The Hall–Kier alpha value is -1.42. The molecule has 0 heterocycles. The lowest BCUT2D eigenvalue weighted by molar-refractivity contribution is -0.119. The van der Waals surface area contributed by atoms with Crippen molar-refractivity contribution in [3.05, 3.63) is 41.6 Å². The Labute approximate surface area is 127 Å². The van der Waals surface area contributed by atoms with E-state index in [0.717, 1.165) is 11.4 Å². The average molecular weight is 336 g/mol. The third-order valence-electron chi connectivity index (χ3n) is 3.31. The van der Waals surface area contributed by atoms with Crippen LogP contribution in [-0.2, 0) is 4.79 Å². The zero-order valence-corrected chi connectivity index (χ0v) is 13.5. The first-order chi connectivity index (χ1) is 9.28. The summed E-state index contributed by atoms with van der Waals surface area (Å²) in [4.78, 5) is 22.9. The average Bonchev–Trinajstić information content (AvgIpc) is 2.35. The lowest BCUT2D eigenvalue weighted by atomic mass is 9.81. The molecule has 4 heteroatoms. The van der Waals surface area contributed by atoms with Crippen LogP contribution in [0, 0.1) is 5.41 Å². The van der Waals surface area contributed by atoms with Gasteiger partial charge in [-0.3, -0.25) is 9.59 Å². The fourth-order valence-corrected chi connectivity index (χ4v) is 2.72. The summed E-state index contributed by atoms with van der Waals surface area (Å²) in [6.07, 6.45) is 2.63. The maximum Gasteiger partial charge on any atom is 0.159 e. The van der Waals surface area contributed by atoms with E-state index in [1.54, 1.807) is 19.1 Å². The van der Waals surface area contributed by atoms with Crippen LogP contribution in [0.25, 0.3) is 0 Å². The van der Waals surface area contributed by atoms with Crippen LogP contribution in [0.1, 0.15) is 37.6 Å². The van der Waals surface area contributed by atoms with E-state index in [-0.39, 0.29) is 21.8 Å². The van der Waals surface area contributed by atoms with Gasteiger partial charge in [0, 0.05) is 23.4 Å². The van der Waals surface area contributed by atoms with E-state index in [1.165, 1.54) is 0 Å². The Morgan fingerprint density at radius 1 is 1.30 bits per heavy atom. The fraction of sp³-hybridized carbons (Fsp3) is 0.375. The molecule has 1 aromatic carbocycles. The van der Waals surface area contributed by atoms with E-state index >= 15 is 0 Å². The highest BCUT2D eigenvalue weighted by atomic mass is 79.9. The SMILES string of the molecule is CC(=O)c1ccc(NC2=CC(C)(C)CC(=O)C2Br)cc1. The second-order valence-corrected chi connectivity index (χ2v) is 6.77. The zero-order chi connectivity index (χ0) is 14.9. The molecule has 0 amide bonds. The number of carbonyl (C=O) groups is 2. The van der Waals surface area contributed by atoms with Crippen molar-refractivity contribution < 1.29 is 9.59 Å². The molecule has 0 bridgehead atoms. The molecule has 0 saturated heterocycles. The topological polar surface area (TPSA) is 46.2 Å². The van der Waals surface area contributed by atoms with Crippen molar-refractivity contribution >= 4 is 33.2 Å². The molecule has 3 nitrogen and oxygen atoms in total. The number of ketones is 2. The largest absolute Gasteiger partial charge is 0.358 e. The zero-order valence-electron chi connectivity index (χ0n) is 11.9. The first-order valence-corrected chi connectivity index (χ1v) is 7.48. The van der Waals surface area contributed by atoms with Crippen molar-refractivity contribution in [3.8, 4) is 0 Å². The summed E-state index contributed by atoms with van der Waals surface area (Å²) < 4.78 is 0. The van der Waals surface area contributed by atoms with E-state index in [1.807, 2.05) is 26.0 Å². The third kappa shape index (κ3) is 3.37. The van der Waals surface area contributed by atoms with Crippen LogP contribution in [0.15, 0.2) is 36.0 Å². The van der Waals surface area contributed by atoms with Gasteiger partial charge in [0.25, 0.3) is 0 Å². The van der Waals surface area contributed by atoms with Crippen molar-refractivity contribution in [2.45, 2.75) is 32.0 Å². The summed E-state index contributed by atoms with van der Waals surface area (Å²) in [6.45, 7) is 5.64. The molecule has 0 saturated carbocycles. The van der Waals surface area contributed by atoms with Gasteiger partial charge < -0.3 is 5.32 Å². The summed E-state index contributed by atoms with van der Waals surface area (Å²) in [5.41, 5.74) is 2.28. The van der Waals surface area contributed by atoms with Gasteiger partial charge in [-0.1, -0.05) is 35.9 Å². The number of alkyl halides is 1. The van der Waals surface area contributed by atoms with Crippen molar-refractivity contribution in [3.63, 3.8) is 0 Å². The van der Waals surface area contributed by atoms with Crippen LogP contribution in [0.3, 0.4) is 0 Å². The molecule has 0 spiro atoms. The number of hydrogen-bond donors (Lipinski definition) is 1. The number of benzene rings is 1. The summed E-state index contributed by atoms with van der Waals surface area (Å²) in [6, 6.07) is 7.27. The molecule has 1 aromatic rings. The summed E-state index contributed by atoms with van der Waals surface area (Å²) in [5.74, 6) is 0.225. The molecule has 0 radical (unpaired) electrons. The van der Waals surface area contributed by atoms with E-state index in [9.17, 15) is 9.59 Å². The van der Waals surface area contributed by atoms with Gasteiger partial charge in [0.2, 0.25) is 0 Å². The second kappa shape index (κ2) is 5.52. The number of halogens is 1. The molecule has 1 aliphatic carbocycles. The van der Waals surface area contributed by atoms with Gasteiger partial charge in [-0.25, -0.2) is 0 Å². The van der Waals surface area contributed by atoms with E-state index in [4.69, 9.17) is 0 Å². The summed E-state index contributed by atoms with van der Waals surface area (Å²) in [5, 5.41) is 3.26. The summed E-state index contributed by atoms with van der Waals surface area (Å²) >= 11 is 3.43. The van der Waals surface area contributed by atoms with Crippen LogP contribution >= 0.6 is 15.9 Å². The molecule has 1 atom stereocenters. The maximum absolute atomic E-state index is 12.0. The molecule has 106 valence electrons. The van der Waals surface area contributed by atoms with Crippen LogP contribution in [0.4, 0.5) is 5.69 Å². The predicted molar refractivity (Wildman–Crippen MR) is 84.3 cm³/mol. The van der Waals surface area contributed by atoms with Gasteiger partial charge in [0.05, 0.1) is 0 Å². The molecule has 2 rings (SSSR count). The number of rotatable bonds is 3. The normalized spacial score (nSPS) is 21.3. The highest BCUT2D eigenvalue weighted by molar-refractivity contribution is 9.10. The molecule has 0 fully saturated rings. The standard InChI is InChI=1S/C16H18BrNO2/c1-10(19)11-4-6-12(7-5-11)18-13-8-16(2,3)9-14(20)15(13)17/h4-8,15,18H,9H2,1-3H3. The minimum atomic E-state index is -0.289. The number of carbonyl (C=O) groups excluding carboxylic acids is 2. The maximum atomic E-state index is 12.0. The minimum Gasteiger partial charge on any atom is -0.358 e. The molecular weight excluding hydrogens is 318 g/mol. The van der Waals surface area contributed by atoms with Crippen LogP contribution in [-0.4, -0.2) is 16.4 Å². The van der Waals surface area contributed by atoms with Gasteiger partial charge >= 0.3 is 0 Å².